The summed E-state index contributed by atoms with van der Waals surface area (Å²) >= 11 is 3.49. The van der Waals surface area contributed by atoms with Crippen LogP contribution in [-0.4, -0.2) is 18.8 Å². The van der Waals surface area contributed by atoms with Gasteiger partial charge in [-0.05, 0) is 28.3 Å². The van der Waals surface area contributed by atoms with E-state index in [1.807, 2.05) is 12.1 Å². The highest BCUT2D eigenvalue weighted by atomic mass is 79.9. The van der Waals surface area contributed by atoms with E-state index in [-0.39, 0.29) is 5.04 Å². The molecule has 0 amide bonds. The molecule has 2 aromatic carbocycles. The molecule has 0 aromatic heterocycles. The van der Waals surface area contributed by atoms with E-state index in [2.05, 4.69) is 85.2 Å². The van der Waals surface area contributed by atoms with Gasteiger partial charge in [0.15, 0.2) is 8.07 Å². The number of unbranched alkanes of at least 4 members (excludes halogenated alkanes) is 2. The average molecular weight is 417 g/mol. The number of hydrogen-bond acceptors (Lipinski definition) is 1. The highest BCUT2D eigenvalue weighted by Crippen LogP contribution is 2.37. The molecule has 2 rings (SSSR count). The predicted octanol–water partition coefficient (Wildman–Crippen LogP) is 5.11. The van der Waals surface area contributed by atoms with Gasteiger partial charge in [0.1, 0.15) is 5.41 Å². The molecule has 0 N–H and O–H groups in total. The summed E-state index contributed by atoms with van der Waals surface area (Å²) in [6, 6.07) is 21.0. The number of rotatable bonds is 8. The van der Waals surface area contributed by atoms with Crippen LogP contribution in [0.4, 0.5) is 0 Å². The number of hydrogen-bond donors (Lipinski definition) is 0. The summed E-state index contributed by atoms with van der Waals surface area (Å²) in [5.74, 6) is 0. The van der Waals surface area contributed by atoms with E-state index < -0.39 is 8.07 Å². The molecule has 25 heavy (non-hydrogen) atoms. The molecule has 1 nitrogen and oxygen atoms in total. The second-order valence-electron chi connectivity index (χ2n) is 7.65. The zero-order valence-corrected chi connectivity index (χ0v) is 18.2. The van der Waals surface area contributed by atoms with E-state index in [0.717, 1.165) is 24.6 Å². The molecule has 0 saturated heterocycles. The number of alkyl halides is 1. The molecule has 2 aromatic rings. The lowest BCUT2D eigenvalue weighted by molar-refractivity contribution is -0.112. The number of benzene rings is 2. The van der Waals surface area contributed by atoms with Crippen molar-refractivity contribution in [2.75, 3.05) is 5.33 Å². The third kappa shape index (κ3) is 4.32. The van der Waals surface area contributed by atoms with Crippen LogP contribution >= 0.6 is 15.9 Å². The van der Waals surface area contributed by atoms with Crippen molar-refractivity contribution in [2.24, 2.45) is 0 Å². The van der Waals surface area contributed by atoms with Gasteiger partial charge in [-0.2, -0.15) is 0 Å². The van der Waals surface area contributed by atoms with Crippen molar-refractivity contribution >= 4 is 39.8 Å². The summed E-state index contributed by atoms with van der Waals surface area (Å²) in [5.41, 5.74) is 0. The fourth-order valence-corrected chi connectivity index (χ4v) is 9.77. The van der Waals surface area contributed by atoms with Crippen LogP contribution in [0.15, 0.2) is 60.7 Å². The number of halogens is 1. The zero-order chi connectivity index (χ0) is 18.3. The minimum Gasteiger partial charge on any atom is -0.304 e. The maximum absolute atomic E-state index is 13.7. The number of carbonyl (C=O) groups excluding carboxylic acids is 1. The van der Waals surface area contributed by atoms with Gasteiger partial charge in [-0.1, -0.05) is 104 Å². The van der Waals surface area contributed by atoms with Crippen LogP contribution < -0.4 is 10.4 Å². The molecule has 0 fully saturated rings. The summed E-state index contributed by atoms with van der Waals surface area (Å²) in [4.78, 5) is 13.7. The monoisotopic (exact) mass is 416 g/mol. The topological polar surface area (TPSA) is 17.1 Å². The van der Waals surface area contributed by atoms with Crippen LogP contribution in [-0.2, 0) is 4.79 Å². The molecule has 0 spiro atoms. The smallest absolute Gasteiger partial charge is 0.198 e. The van der Waals surface area contributed by atoms with Gasteiger partial charge in [0.25, 0.3) is 0 Å². The van der Waals surface area contributed by atoms with Gasteiger partial charge in [-0.25, -0.2) is 0 Å². The third-order valence-electron chi connectivity index (χ3n) is 4.99. The minimum absolute atomic E-state index is 0.0811. The first-order valence-electron chi connectivity index (χ1n) is 9.15. The standard InChI is InChI=1S/C22H29BrOSi/c1-22(2,3)25(19-13-7-4-8-14-19,20-15-9-5-10-16-20)21(24)17-11-6-12-18-23/h4-5,7-10,13-16H,6,11-12,17-18H2,1-3H3. The lowest BCUT2D eigenvalue weighted by atomic mass is 10.2. The van der Waals surface area contributed by atoms with Crippen LogP contribution in [0, 0.1) is 0 Å². The van der Waals surface area contributed by atoms with Crippen LogP contribution in [0.2, 0.25) is 5.04 Å². The molecule has 0 aliphatic carbocycles. The van der Waals surface area contributed by atoms with E-state index in [0.29, 0.717) is 11.8 Å². The molecule has 0 unspecified atom stereocenters. The summed E-state index contributed by atoms with van der Waals surface area (Å²) < 4.78 is 0. The molecular weight excluding hydrogens is 388 g/mol. The van der Waals surface area contributed by atoms with E-state index in [1.54, 1.807) is 0 Å². The molecule has 0 aliphatic rings. The fourth-order valence-electron chi connectivity index (χ4n) is 3.89. The molecular formula is C22H29BrOSi. The first-order valence-corrected chi connectivity index (χ1v) is 12.3. The Morgan fingerprint density at radius 3 is 1.72 bits per heavy atom. The second kappa shape index (κ2) is 8.95. The summed E-state index contributed by atoms with van der Waals surface area (Å²) in [6.45, 7) is 6.74. The largest absolute Gasteiger partial charge is 0.304 e. The maximum Gasteiger partial charge on any atom is 0.198 e. The van der Waals surface area contributed by atoms with Crippen LogP contribution in [0.25, 0.3) is 0 Å². The lowest BCUT2D eigenvalue weighted by Gasteiger charge is -2.42. The Morgan fingerprint density at radius 1 is 0.840 bits per heavy atom. The zero-order valence-electron chi connectivity index (χ0n) is 15.6. The fraction of sp³-hybridized carbons (Fsp3) is 0.409. The van der Waals surface area contributed by atoms with Crippen molar-refractivity contribution in [1.29, 1.82) is 0 Å². The maximum atomic E-state index is 13.7. The summed E-state index contributed by atoms with van der Waals surface area (Å²) in [6.07, 6.45) is 3.90. The number of carbonyl (C=O) groups is 1. The molecule has 0 saturated carbocycles. The quantitative estimate of drug-likeness (QED) is 0.331. The Morgan fingerprint density at radius 2 is 1.32 bits per heavy atom. The van der Waals surface area contributed by atoms with Crippen LogP contribution in [0.5, 0.6) is 0 Å². The van der Waals surface area contributed by atoms with E-state index in [4.69, 9.17) is 0 Å². The Bertz CT molecular complexity index is 622. The summed E-state index contributed by atoms with van der Waals surface area (Å²) in [7, 11) is -2.56. The first-order chi connectivity index (χ1) is 11.9. The van der Waals surface area contributed by atoms with Gasteiger partial charge in [0.05, 0.1) is 0 Å². The van der Waals surface area contributed by atoms with Gasteiger partial charge < -0.3 is 4.79 Å². The van der Waals surface area contributed by atoms with Gasteiger partial charge in [0.2, 0.25) is 0 Å². The van der Waals surface area contributed by atoms with Crippen molar-refractivity contribution in [3.63, 3.8) is 0 Å². The Hall–Kier alpha value is -1.19. The van der Waals surface area contributed by atoms with Crippen molar-refractivity contribution in [2.45, 2.75) is 51.5 Å². The van der Waals surface area contributed by atoms with Crippen molar-refractivity contribution in [3.05, 3.63) is 60.7 Å². The summed E-state index contributed by atoms with van der Waals surface area (Å²) in [5, 5.41) is 3.87. The van der Waals surface area contributed by atoms with Gasteiger partial charge in [0, 0.05) is 11.8 Å². The second-order valence-corrected chi connectivity index (χ2v) is 13.2. The van der Waals surface area contributed by atoms with Crippen molar-refractivity contribution < 1.29 is 4.79 Å². The van der Waals surface area contributed by atoms with Gasteiger partial charge in [-0.15, -0.1) is 0 Å². The van der Waals surface area contributed by atoms with Gasteiger partial charge >= 0.3 is 0 Å². The Labute approximate surface area is 162 Å². The normalized spacial score (nSPS) is 12.2. The lowest BCUT2D eigenvalue weighted by Crippen LogP contribution is -2.69. The van der Waals surface area contributed by atoms with Crippen molar-refractivity contribution in [3.8, 4) is 0 Å². The van der Waals surface area contributed by atoms with E-state index in [1.165, 1.54) is 10.4 Å². The molecule has 0 radical (unpaired) electrons. The van der Waals surface area contributed by atoms with E-state index >= 15 is 0 Å². The molecule has 0 aliphatic heterocycles. The third-order valence-corrected chi connectivity index (χ3v) is 11.3. The predicted molar refractivity (Wildman–Crippen MR) is 115 cm³/mol. The Kier molecular flexibility index (Phi) is 7.21. The van der Waals surface area contributed by atoms with Crippen molar-refractivity contribution in [1.82, 2.24) is 0 Å². The SMILES string of the molecule is CC(C)(C)[Si](C(=O)CCCCCBr)(c1ccccc1)c1ccccc1. The molecule has 3 heteroatoms. The molecule has 0 heterocycles. The highest BCUT2D eigenvalue weighted by molar-refractivity contribution is 9.09. The Balaban J connectivity index is 2.55. The average Bonchev–Trinajstić information content (AvgIpc) is 2.60. The van der Waals surface area contributed by atoms with Crippen LogP contribution in [0.3, 0.4) is 0 Å². The molecule has 0 bridgehead atoms. The molecule has 134 valence electrons. The minimum atomic E-state index is -2.56. The molecule has 0 atom stereocenters. The van der Waals surface area contributed by atoms with Crippen LogP contribution in [0.1, 0.15) is 46.5 Å². The highest BCUT2D eigenvalue weighted by Gasteiger charge is 2.53. The van der Waals surface area contributed by atoms with E-state index in [9.17, 15) is 4.79 Å². The first kappa shape index (κ1) is 20.1. The van der Waals surface area contributed by atoms with Gasteiger partial charge in [-0.3, -0.25) is 0 Å².